The van der Waals surface area contributed by atoms with Crippen molar-refractivity contribution in [3.8, 4) is 18.0 Å². The predicted molar refractivity (Wildman–Crippen MR) is 63.5 cm³/mol. The zero-order chi connectivity index (χ0) is 11.4. The Balaban J connectivity index is 2.34. The van der Waals surface area contributed by atoms with Gasteiger partial charge in [0.1, 0.15) is 0 Å². The molecule has 0 spiro atoms. The molecule has 2 rings (SSSR count). The largest absolute Gasteiger partial charge is 0.218 e. The maximum Gasteiger partial charge on any atom is 0.0730 e. The number of hydrogen-bond donors (Lipinski definition) is 0. The molecule has 1 aromatic heterocycles. The highest BCUT2D eigenvalue weighted by molar-refractivity contribution is 6.30. The van der Waals surface area contributed by atoms with Crippen molar-refractivity contribution in [2.75, 3.05) is 0 Å². The van der Waals surface area contributed by atoms with Crippen molar-refractivity contribution in [1.82, 2.24) is 15.0 Å². The van der Waals surface area contributed by atoms with E-state index in [9.17, 15) is 0 Å². The zero-order valence-electron chi connectivity index (χ0n) is 8.60. The Morgan fingerprint density at radius 3 is 3.06 bits per heavy atom. The second kappa shape index (κ2) is 4.82. The average molecular weight is 232 g/mol. The smallest absolute Gasteiger partial charge is 0.0730 e. The van der Waals surface area contributed by atoms with E-state index in [4.69, 9.17) is 18.0 Å². The number of halogens is 1. The Labute approximate surface area is 99.0 Å². The molecule has 0 bridgehead atoms. The molecular formula is C12H10ClN3. The van der Waals surface area contributed by atoms with Crippen LogP contribution in [0.4, 0.5) is 0 Å². The molecule has 0 aliphatic rings. The van der Waals surface area contributed by atoms with Gasteiger partial charge < -0.3 is 0 Å². The van der Waals surface area contributed by atoms with Crippen molar-refractivity contribution >= 4 is 11.6 Å². The van der Waals surface area contributed by atoms with Crippen molar-refractivity contribution in [2.24, 2.45) is 0 Å². The third-order valence-corrected chi connectivity index (χ3v) is 2.43. The lowest BCUT2D eigenvalue weighted by atomic mass is 10.2. The van der Waals surface area contributed by atoms with E-state index in [-0.39, 0.29) is 0 Å². The van der Waals surface area contributed by atoms with Gasteiger partial charge in [0.25, 0.3) is 0 Å². The van der Waals surface area contributed by atoms with Gasteiger partial charge >= 0.3 is 0 Å². The highest BCUT2D eigenvalue weighted by Gasteiger charge is 2.05. The summed E-state index contributed by atoms with van der Waals surface area (Å²) in [5, 5.41) is 8.58. The molecule has 0 fully saturated rings. The van der Waals surface area contributed by atoms with Gasteiger partial charge in [-0.2, -0.15) is 0 Å². The molecular weight excluding hydrogens is 222 g/mol. The summed E-state index contributed by atoms with van der Waals surface area (Å²) >= 11 is 5.92. The first-order valence-electron chi connectivity index (χ1n) is 4.90. The molecule has 0 radical (unpaired) electrons. The molecule has 0 unspecified atom stereocenters. The Morgan fingerprint density at radius 1 is 1.44 bits per heavy atom. The molecule has 4 heteroatoms. The first-order valence-corrected chi connectivity index (χ1v) is 5.28. The molecule has 16 heavy (non-hydrogen) atoms. The topological polar surface area (TPSA) is 30.7 Å². The van der Waals surface area contributed by atoms with Crippen LogP contribution < -0.4 is 0 Å². The van der Waals surface area contributed by atoms with Gasteiger partial charge in [-0.1, -0.05) is 22.9 Å². The Kier molecular flexibility index (Phi) is 3.23. The summed E-state index contributed by atoms with van der Waals surface area (Å²) in [6.07, 6.45) is 8.39. The van der Waals surface area contributed by atoms with Crippen molar-refractivity contribution in [3.63, 3.8) is 0 Å². The molecule has 0 N–H and O–H groups in total. The highest BCUT2D eigenvalue weighted by atomic mass is 35.5. The maximum absolute atomic E-state index is 5.92. The highest BCUT2D eigenvalue weighted by Crippen LogP contribution is 2.15. The SMILES string of the molecule is C#CCCc1cnnn1-c1cccc(Cl)c1. The lowest BCUT2D eigenvalue weighted by molar-refractivity contribution is 0.758. The summed E-state index contributed by atoms with van der Waals surface area (Å²) in [5.41, 5.74) is 1.89. The second-order valence-corrected chi connectivity index (χ2v) is 3.76. The van der Waals surface area contributed by atoms with E-state index < -0.39 is 0 Å². The summed E-state index contributed by atoms with van der Waals surface area (Å²) < 4.78 is 1.75. The van der Waals surface area contributed by atoms with E-state index in [1.807, 2.05) is 24.3 Å². The number of rotatable bonds is 3. The van der Waals surface area contributed by atoms with Crippen LogP contribution in [0.1, 0.15) is 12.1 Å². The molecule has 0 aliphatic carbocycles. The first-order chi connectivity index (χ1) is 7.81. The van der Waals surface area contributed by atoms with Gasteiger partial charge in [0.05, 0.1) is 17.6 Å². The summed E-state index contributed by atoms with van der Waals surface area (Å²) in [6, 6.07) is 7.48. The molecule has 0 amide bonds. The second-order valence-electron chi connectivity index (χ2n) is 3.32. The van der Waals surface area contributed by atoms with E-state index in [1.165, 1.54) is 0 Å². The molecule has 2 aromatic rings. The molecule has 80 valence electrons. The van der Waals surface area contributed by atoms with Crippen molar-refractivity contribution in [3.05, 3.63) is 41.2 Å². The van der Waals surface area contributed by atoms with Crippen LogP contribution in [-0.2, 0) is 6.42 Å². The van der Waals surface area contributed by atoms with Crippen LogP contribution in [0.15, 0.2) is 30.5 Å². The fraction of sp³-hybridized carbons (Fsp3) is 0.167. The number of benzene rings is 1. The maximum atomic E-state index is 5.92. The van der Waals surface area contributed by atoms with E-state index in [0.717, 1.165) is 17.8 Å². The fourth-order valence-electron chi connectivity index (χ4n) is 1.45. The quantitative estimate of drug-likeness (QED) is 0.760. The summed E-state index contributed by atoms with van der Waals surface area (Å²) in [6.45, 7) is 0. The third kappa shape index (κ3) is 2.23. The van der Waals surface area contributed by atoms with Crippen molar-refractivity contribution in [1.29, 1.82) is 0 Å². The van der Waals surface area contributed by atoms with Gasteiger partial charge in [-0.15, -0.1) is 17.4 Å². The molecule has 1 heterocycles. The van der Waals surface area contributed by atoms with Crippen molar-refractivity contribution in [2.45, 2.75) is 12.8 Å². The van der Waals surface area contributed by atoms with Crippen LogP contribution in [0.5, 0.6) is 0 Å². The Morgan fingerprint density at radius 2 is 2.31 bits per heavy atom. The average Bonchev–Trinajstić information content (AvgIpc) is 2.74. The normalized spacial score (nSPS) is 10.0. The van der Waals surface area contributed by atoms with Gasteiger partial charge in [-0.25, -0.2) is 4.68 Å². The minimum Gasteiger partial charge on any atom is -0.218 e. The van der Waals surface area contributed by atoms with Gasteiger partial charge in [-0.3, -0.25) is 0 Å². The standard InChI is InChI=1S/C12H10ClN3/c1-2-3-6-12-9-14-15-16(12)11-7-4-5-10(13)8-11/h1,4-5,7-9H,3,6H2. The lowest BCUT2D eigenvalue weighted by Crippen LogP contribution is -2.02. The van der Waals surface area contributed by atoms with Crippen LogP contribution in [0, 0.1) is 12.3 Å². The fourth-order valence-corrected chi connectivity index (χ4v) is 1.64. The van der Waals surface area contributed by atoms with Gasteiger partial charge in [0, 0.05) is 17.9 Å². The van der Waals surface area contributed by atoms with Gasteiger partial charge in [0.2, 0.25) is 0 Å². The van der Waals surface area contributed by atoms with Crippen LogP contribution in [0.3, 0.4) is 0 Å². The van der Waals surface area contributed by atoms with Crippen LogP contribution in [-0.4, -0.2) is 15.0 Å². The molecule has 3 nitrogen and oxygen atoms in total. The minimum atomic E-state index is 0.675. The summed E-state index contributed by atoms with van der Waals surface area (Å²) in [4.78, 5) is 0. The monoisotopic (exact) mass is 231 g/mol. The van der Waals surface area contributed by atoms with Crippen LogP contribution in [0.2, 0.25) is 5.02 Å². The van der Waals surface area contributed by atoms with E-state index in [2.05, 4.69) is 16.2 Å². The minimum absolute atomic E-state index is 0.675. The number of nitrogens with zero attached hydrogens (tertiary/aromatic N) is 3. The van der Waals surface area contributed by atoms with Crippen molar-refractivity contribution < 1.29 is 0 Å². The molecule has 0 saturated carbocycles. The first kappa shape index (κ1) is 10.7. The third-order valence-electron chi connectivity index (χ3n) is 2.20. The number of aryl methyl sites for hydroxylation is 1. The summed E-state index contributed by atoms with van der Waals surface area (Å²) in [5.74, 6) is 2.60. The Hall–Kier alpha value is -1.79. The number of terminal acetylenes is 1. The van der Waals surface area contributed by atoms with Gasteiger partial charge in [0.15, 0.2) is 0 Å². The number of hydrogen-bond acceptors (Lipinski definition) is 2. The molecule has 0 aliphatic heterocycles. The molecule has 0 saturated heterocycles. The Bertz CT molecular complexity index is 525. The van der Waals surface area contributed by atoms with E-state index in [0.29, 0.717) is 11.4 Å². The molecule has 1 aromatic carbocycles. The van der Waals surface area contributed by atoms with Crippen LogP contribution in [0.25, 0.3) is 5.69 Å². The molecule has 0 atom stereocenters. The van der Waals surface area contributed by atoms with Gasteiger partial charge in [-0.05, 0) is 18.2 Å². The van der Waals surface area contributed by atoms with Crippen LogP contribution >= 0.6 is 11.6 Å². The van der Waals surface area contributed by atoms with E-state index in [1.54, 1.807) is 10.9 Å². The summed E-state index contributed by atoms with van der Waals surface area (Å²) in [7, 11) is 0. The lowest BCUT2D eigenvalue weighted by Gasteiger charge is -2.04. The van der Waals surface area contributed by atoms with E-state index >= 15 is 0 Å². The predicted octanol–water partition coefficient (Wildman–Crippen LogP) is 2.49. The zero-order valence-corrected chi connectivity index (χ0v) is 9.35. The number of aromatic nitrogens is 3.